The second-order valence-corrected chi connectivity index (χ2v) is 4.53. The average molecular weight is 219 g/mol. The lowest BCUT2D eigenvalue weighted by Gasteiger charge is -2.32. The smallest absolute Gasteiger partial charge is 0.246 e. The number of carbonyl (C=O) groups is 1. The highest BCUT2D eigenvalue weighted by Crippen LogP contribution is 2.22. The molecule has 88 valence electrons. The molecule has 2 nitrogen and oxygen atoms in total. The molecule has 1 aliphatic heterocycles. The number of nitrogens with zero attached hydrogens (tertiary/aromatic N) is 1. The van der Waals surface area contributed by atoms with Crippen molar-refractivity contribution in [1.82, 2.24) is 4.90 Å². The van der Waals surface area contributed by atoms with Gasteiger partial charge >= 0.3 is 0 Å². The van der Waals surface area contributed by atoms with Gasteiger partial charge in [-0.1, -0.05) is 0 Å². The highest BCUT2D eigenvalue weighted by atomic mass is 19.3. The van der Waals surface area contributed by atoms with Gasteiger partial charge in [0.2, 0.25) is 5.92 Å². The summed E-state index contributed by atoms with van der Waals surface area (Å²) in [4.78, 5) is 12.4. The van der Waals surface area contributed by atoms with Gasteiger partial charge in [-0.3, -0.25) is 0 Å². The summed E-state index contributed by atoms with van der Waals surface area (Å²) < 4.78 is 25.3. The second-order valence-electron chi connectivity index (χ2n) is 4.53. The molecule has 1 fully saturated rings. The zero-order chi connectivity index (χ0) is 11.3. The monoisotopic (exact) mass is 219 g/mol. The van der Waals surface area contributed by atoms with Crippen LogP contribution >= 0.6 is 0 Å². The summed E-state index contributed by atoms with van der Waals surface area (Å²) in [6, 6.07) is 0. The molecule has 15 heavy (non-hydrogen) atoms. The molecule has 1 aliphatic rings. The third kappa shape index (κ3) is 5.21. The molecule has 0 aromatic heterocycles. The Morgan fingerprint density at radius 1 is 1.53 bits per heavy atom. The molecule has 1 atom stereocenters. The second kappa shape index (κ2) is 5.54. The zero-order valence-electron chi connectivity index (χ0n) is 9.22. The molecular formula is C11H19F2NO. The summed E-state index contributed by atoms with van der Waals surface area (Å²) in [5, 5.41) is 0. The average Bonchev–Trinajstić information content (AvgIpc) is 2.15. The van der Waals surface area contributed by atoms with Crippen LogP contribution in [-0.2, 0) is 4.79 Å². The lowest BCUT2D eigenvalue weighted by molar-refractivity contribution is -0.109. The Morgan fingerprint density at radius 2 is 2.27 bits per heavy atom. The van der Waals surface area contributed by atoms with Gasteiger partial charge in [0.15, 0.2) is 0 Å². The number of halogens is 2. The fourth-order valence-corrected chi connectivity index (χ4v) is 2.04. The van der Waals surface area contributed by atoms with Gasteiger partial charge < -0.3 is 9.69 Å². The Kier molecular flexibility index (Phi) is 4.64. The van der Waals surface area contributed by atoms with E-state index in [1.807, 2.05) is 0 Å². The van der Waals surface area contributed by atoms with Crippen LogP contribution in [0.5, 0.6) is 0 Å². The first-order valence-corrected chi connectivity index (χ1v) is 5.55. The molecular weight excluding hydrogens is 200 g/mol. The zero-order valence-corrected chi connectivity index (χ0v) is 9.22. The van der Waals surface area contributed by atoms with Crippen LogP contribution in [0, 0.1) is 5.92 Å². The van der Waals surface area contributed by atoms with Crippen LogP contribution in [0.4, 0.5) is 8.78 Å². The molecule has 0 spiro atoms. The lowest BCUT2D eigenvalue weighted by atomic mass is 9.95. The fraction of sp³-hybridized carbons (Fsp3) is 0.909. The fourth-order valence-electron chi connectivity index (χ4n) is 2.04. The molecule has 0 amide bonds. The van der Waals surface area contributed by atoms with E-state index in [4.69, 9.17) is 0 Å². The molecule has 1 heterocycles. The van der Waals surface area contributed by atoms with Gasteiger partial charge in [0.25, 0.3) is 0 Å². The maximum absolute atomic E-state index is 12.6. The first-order chi connectivity index (χ1) is 7.01. The summed E-state index contributed by atoms with van der Waals surface area (Å²) in [5.41, 5.74) is 0. The van der Waals surface area contributed by atoms with E-state index in [0.717, 1.165) is 39.1 Å². The molecule has 0 N–H and O–H groups in total. The summed E-state index contributed by atoms with van der Waals surface area (Å²) in [6.45, 7) is 3.10. The predicted molar refractivity (Wildman–Crippen MR) is 55.1 cm³/mol. The molecule has 0 radical (unpaired) electrons. The standard InChI is InChI=1S/C11H19F2NO/c1-11(12,13)5-7-14-6-2-3-10(9-14)4-8-15/h8,10H,2-7,9H2,1H3. The number of aldehydes is 1. The summed E-state index contributed by atoms with van der Waals surface area (Å²) in [6.07, 6.45) is 3.49. The van der Waals surface area contributed by atoms with Crippen molar-refractivity contribution in [2.24, 2.45) is 5.92 Å². The Hall–Kier alpha value is -0.510. The predicted octanol–water partition coefficient (Wildman–Crippen LogP) is 2.33. The molecule has 0 bridgehead atoms. The molecule has 1 unspecified atom stereocenters. The number of carbonyl (C=O) groups excluding carboxylic acids is 1. The first kappa shape index (κ1) is 12.6. The van der Waals surface area contributed by atoms with Crippen molar-refractivity contribution < 1.29 is 13.6 Å². The third-order valence-electron chi connectivity index (χ3n) is 2.90. The van der Waals surface area contributed by atoms with E-state index in [2.05, 4.69) is 4.90 Å². The van der Waals surface area contributed by atoms with Crippen LogP contribution in [0.2, 0.25) is 0 Å². The normalized spacial score (nSPS) is 24.1. The highest BCUT2D eigenvalue weighted by Gasteiger charge is 2.25. The molecule has 0 aromatic carbocycles. The van der Waals surface area contributed by atoms with Gasteiger partial charge in [0.05, 0.1) is 0 Å². The number of alkyl halides is 2. The van der Waals surface area contributed by atoms with Crippen molar-refractivity contribution >= 4 is 6.29 Å². The van der Waals surface area contributed by atoms with Crippen LogP contribution < -0.4 is 0 Å². The maximum Gasteiger partial charge on any atom is 0.246 e. The Morgan fingerprint density at radius 3 is 2.87 bits per heavy atom. The summed E-state index contributed by atoms with van der Waals surface area (Å²) in [5.74, 6) is -2.20. The number of hydrogen-bond donors (Lipinski definition) is 0. The number of likely N-dealkylation sites (tertiary alicyclic amines) is 1. The summed E-state index contributed by atoms with van der Waals surface area (Å²) in [7, 11) is 0. The highest BCUT2D eigenvalue weighted by molar-refractivity contribution is 5.49. The Labute approximate surface area is 89.6 Å². The van der Waals surface area contributed by atoms with Gasteiger partial charge in [-0.15, -0.1) is 0 Å². The minimum Gasteiger partial charge on any atom is -0.303 e. The van der Waals surface area contributed by atoms with Crippen LogP contribution in [0.15, 0.2) is 0 Å². The number of rotatable bonds is 5. The first-order valence-electron chi connectivity index (χ1n) is 5.55. The van der Waals surface area contributed by atoms with Gasteiger partial charge in [-0.25, -0.2) is 8.78 Å². The SMILES string of the molecule is CC(F)(F)CCN1CCCC(CC=O)C1. The van der Waals surface area contributed by atoms with Gasteiger partial charge in [-0.2, -0.15) is 0 Å². The Balaban J connectivity index is 2.27. The molecule has 1 rings (SSSR count). The number of hydrogen-bond acceptors (Lipinski definition) is 2. The van der Waals surface area contributed by atoms with Crippen LogP contribution in [0.25, 0.3) is 0 Å². The summed E-state index contributed by atoms with van der Waals surface area (Å²) >= 11 is 0. The van der Waals surface area contributed by atoms with Gasteiger partial charge in [-0.05, 0) is 32.2 Å². The van der Waals surface area contributed by atoms with E-state index in [1.54, 1.807) is 0 Å². The quantitative estimate of drug-likeness (QED) is 0.661. The van der Waals surface area contributed by atoms with Crippen LogP contribution in [0.3, 0.4) is 0 Å². The van der Waals surface area contributed by atoms with Gasteiger partial charge in [0, 0.05) is 25.9 Å². The van der Waals surface area contributed by atoms with Gasteiger partial charge in [0.1, 0.15) is 6.29 Å². The van der Waals surface area contributed by atoms with Crippen LogP contribution in [0.1, 0.15) is 32.6 Å². The molecule has 0 aliphatic carbocycles. The van der Waals surface area contributed by atoms with Crippen molar-refractivity contribution in [2.75, 3.05) is 19.6 Å². The maximum atomic E-state index is 12.6. The van der Waals surface area contributed by atoms with E-state index < -0.39 is 5.92 Å². The van der Waals surface area contributed by atoms with Crippen LogP contribution in [-0.4, -0.2) is 36.7 Å². The van der Waals surface area contributed by atoms with E-state index in [9.17, 15) is 13.6 Å². The van der Waals surface area contributed by atoms with Crippen molar-refractivity contribution in [3.8, 4) is 0 Å². The van der Waals surface area contributed by atoms with E-state index in [-0.39, 0.29) is 6.42 Å². The van der Waals surface area contributed by atoms with Crippen molar-refractivity contribution in [3.05, 3.63) is 0 Å². The van der Waals surface area contributed by atoms with E-state index >= 15 is 0 Å². The molecule has 0 aromatic rings. The van der Waals surface area contributed by atoms with E-state index in [0.29, 0.717) is 18.9 Å². The minimum absolute atomic E-state index is 0.0825. The largest absolute Gasteiger partial charge is 0.303 e. The van der Waals surface area contributed by atoms with Crippen molar-refractivity contribution in [2.45, 2.75) is 38.5 Å². The third-order valence-corrected chi connectivity index (χ3v) is 2.90. The minimum atomic E-state index is -2.57. The molecule has 0 saturated carbocycles. The Bertz CT molecular complexity index is 203. The topological polar surface area (TPSA) is 20.3 Å². The molecule has 1 saturated heterocycles. The van der Waals surface area contributed by atoms with Crippen molar-refractivity contribution in [3.63, 3.8) is 0 Å². The van der Waals surface area contributed by atoms with E-state index in [1.165, 1.54) is 0 Å². The molecule has 4 heteroatoms. The lowest BCUT2D eigenvalue weighted by Crippen LogP contribution is -2.37. The number of piperidine rings is 1. The van der Waals surface area contributed by atoms with Crippen molar-refractivity contribution in [1.29, 1.82) is 0 Å².